The fourth-order valence-corrected chi connectivity index (χ4v) is 6.06. The first-order valence-electron chi connectivity index (χ1n) is 10.2. The molecular weight excluding hydrogens is 400 g/mol. The second-order valence-corrected chi connectivity index (χ2v) is 10.3. The molecule has 150 valence electrons. The number of thioether (sulfide) groups is 1. The number of thiophene rings is 1. The summed E-state index contributed by atoms with van der Waals surface area (Å²) in [5, 5.41) is 13.6. The Balaban J connectivity index is 1.35. The van der Waals surface area contributed by atoms with Crippen LogP contribution in [0.4, 0.5) is 5.00 Å². The third-order valence-electron chi connectivity index (χ3n) is 5.69. The number of nitrogens with zero attached hydrogens (tertiary/aromatic N) is 3. The molecule has 1 atom stereocenters. The van der Waals surface area contributed by atoms with E-state index in [-0.39, 0.29) is 11.2 Å². The summed E-state index contributed by atoms with van der Waals surface area (Å²) in [4.78, 5) is 14.4. The number of fused-ring (bicyclic) bond motifs is 1. The van der Waals surface area contributed by atoms with Gasteiger partial charge in [-0.1, -0.05) is 30.0 Å². The second kappa shape index (κ2) is 7.61. The first-order valence-corrected chi connectivity index (χ1v) is 11.9. The monoisotopic (exact) mass is 424 g/mol. The maximum atomic E-state index is 12.9. The molecule has 0 aliphatic heterocycles. The summed E-state index contributed by atoms with van der Waals surface area (Å²) in [6.45, 7) is 4.07. The lowest BCUT2D eigenvalue weighted by Crippen LogP contribution is -2.22. The van der Waals surface area contributed by atoms with Gasteiger partial charge in [-0.15, -0.1) is 21.5 Å². The summed E-state index contributed by atoms with van der Waals surface area (Å²) >= 11 is 3.22. The van der Waals surface area contributed by atoms with E-state index in [1.165, 1.54) is 34.2 Å². The molecule has 3 aromatic rings. The van der Waals surface area contributed by atoms with Crippen LogP contribution in [-0.2, 0) is 17.6 Å². The van der Waals surface area contributed by atoms with Crippen molar-refractivity contribution in [3.8, 4) is 5.69 Å². The van der Waals surface area contributed by atoms with Gasteiger partial charge in [0.2, 0.25) is 5.91 Å². The summed E-state index contributed by atoms with van der Waals surface area (Å²) in [5.74, 6) is 1.52. The number of benzene rings is 1. The van der Waals surface area contributed by atoms with Crippen molar-refractivity contribution in [1.82, 2.24) is 14.8 Å². The van der Waals surface area contributed by atoms with Crippen molar-refractivity contribution in [2.75, 3.05) is 5.32 Å². The molecular formula is C22H24N4OS2. The van der Waals surface area contributed by atoms with E-state index in [0.717, 1.165) is 47.4 Å². The van der Waals surface area contributed by atoms with Crippen LogP contribution in [0, 0.1) is 6.92 Å². The predicted molar refractivity (Wildman–Crippen MR) is 118 cm³/mol. The molecule has 2 heterocycles. The van der Waals surface area contributed by atoms with Crippen molar-refractivity contribution in [2.45, 2.75) is 62.3 Å². The molecule has 1 unspecified atom stereocenters. The van der Waals surface area contributed by atoms with Gasteiger partial charge in [0, 0.05) is 16.5 Å². The Morgan fingerprint density at radius 2 is 2.03 bits per heavy atom. The van der Waals surface area contributed by atoms with E-state index in [4.69, 9.17) is 0 Å². The third kappa shape index (κ3) is 3.62. The lowest BCUT2D eigenvalue weighted by atomic mass is 10.1. The molecule has 1 fully saturated rings. The smallest absolute Gasteiger partial charge is 0.238 e. The van der Waals surface area contributed by atoms with Gasteiger partial charge in [0.15, 0.2) is 5.16 Å². The van der Waals surface area contributed by atoms with Gasteiger partial charge in [-0.2, -0.15) is 0 Å². The number of anilines is 1. The van der Waals surface area contributed by atoms with E-state index in [9.17, 15) is 4.79 Å². The van der Waals surface area contributed by atoms with Crippen LogP contribution < -0.4 is 5.32 Å². The quantitative estimate of drug-likeness (QED) is 0.558. The van der Waals surface area contributed by atoms with Crippen molar-refractivity contribution in [2.24, 2.45) is 0 Å². The van der Waals surface area contributed by atoms with E-state index < -0.39 is 0 Å². The van der Waals surface area contributed by atoms with E-state index in [0.29, 0.717) is 5.92 Å². The molecule has 1 amide bonds. The Labute approximate surface area is 178 Å². The van der Waals surface area contributed by atoms with Crippen LogP contribution in [0.2, 0.25) is 0 Å². The number of nitrogens with one attached hydrogen (secondary N) is 1. The molecule has 2 aliphatic carbocycles. The van der Waals surface area contributed by atoms with Gasteiger partial charge in [0.1, 0.15) is 5.82 Å². The molecule has 2 aliphatic rings. The van der Waals surface area contributed by atoms with E-state index in [1.807, 2.05) is 25.1 Å². The summed E-state index contributed by atoms with van der Waals surface area (Å²) in [6, 6.07) is 10.2. The lowest BCUT2D eigenvalue weighted by molar-refractivity contribution is -0.115. The summed E-state index contributed by atoms with van der Waals surface area (Å²) < 4.78 is 2.12. The molecule has 0 saturated heterocycles. The van der Waals surface area contributed by atoms with E-state index >= 15 is 0 Å². The zero-order valence-electron chi connectivity index (χ0n) is 16.6. The molecule has 5 nitrogen and oxygen atoms in total. The van der Waals surface area contributed by atoms with Gasteiger partial charge >= 0.3 is 0 Å². The normalized spacial score (nSPS) is 16.6. The Morgan fingerprint density at radius 3 is 2.76 bits per heavy atom. The average molecular weight is 425 g/mol. The minimum Gasteiger partial charge on any atom is -0.316 e. The van der Waals surface area contributed by atoms with Gasteiger partial charge in [0.05, 0.1) is 10.3 Å². The SMILES string of the molecule is Cc1c(NC(=O)C(C)Sc2nnc(C3CC3)n2-c2ccccc2)sc2c1CCC2. The fourth-order valence-electron chi connectivity index (χ4n) is 3.89. The van der Waals surface area contributed by atoms with Gasteiger partial charge < -0.3 is 5.32 Å². The minimum absolute atomic E-state index is 0.0219. The first kappa shape index (κ1) is 18.9. The summed E-state index contributed by atoms with van der Waals surface area (Å²) in [5.41, 5.74) is 3.75. The number of hydrogen-bond donors (Lipinski definition) is 1. The molecule has 2 aromatic heterocycles. The lowest BCUT2D eigenvalue weighted by Gasteiger charge is -2.14. The average Bonchev–Trinajstić information content (AvgIpc) is 3.21. The van der Waals surface area contributed by atoms with Crippen molar-refractivity contribution >= 4 is 34.0 Å². The number of aromatic nitrogens is 3. The highest BCUT2D eigenvalue weighted by atomic mass is 32.2. The van der Waals surface area contributed by atoms with Crippen molar-refractivity contribution in [1.29, 1.82) is 0 Å². The van der Waals surface area contributed by atoms with Crippen LogP contribution in [0.15, 0.2) is 35.5 Å². The van der Waals surface area contributed by atoms with Crippen molar-refractivity contribution < 1.29 is 4.79 Å². The van der Waals surface area contributed by atoms with Gasteiger partial charge in [-0.05, 0) is 69.2 Å². The van der Waals surface area contributed by atoms with Crippen LogP contribution in [-0.4, -0.2) is 25.9 Å². The summed E-state index contributed by atoms with van der Waals surface area (Å²) in [6.07, 6.45) is 5.84. The van der Waals surface area contributed by atoms with Crippen LogP contribution in [0.25, 0.3) is 5.69 Å². The number of carbonyl (C=O) groups is 1. The highest BCUT2D eigenvalue weighted by molar-refractivity contribution is 8.00. The molecule has 29 heavy (non-hydrogen) atoms. The molecule has 5 rings (SSSR count). The number of carbonyl (C=O) groups excluding carboxylic acids is 1. The predicted octanol–water partition coefficient (Wildman–Crippen LogP) is 5.12. The zero-order chi connectivity index (χ0) is 20.0. The van der Waals surface area contributed by atoms with E-state index in [1.54, 1.807) is 11.3 Å². The highest BCUT2D eigenvalue weighted by Crippen LogP contribution is 2.42. The Kier molecular flexibility index (Phi) is 4.95. The topological polar surface area (TPSA) is 59.8 Å². The van der Waals surface area contributed by atoms with Crippen LogP contribution in [0.5, 0.6) is 0 Å². The molecule has 1 aromatic carbocycles. The number of amides is 1. The Hall–Kier alpha value is -2.12. The summed E-state index contributed by atoms with van der Waals surface area (Å²) in [7, 11) is 0. The maximum absolute atomic E-state index is 12.9. The van der Waals surface area contributed by atoms with Crippen molar-refractivity contribution in [3.63, 3.8) is 0 Å². The molecule has 0 radical (unpaired) electrons. The van der Waals surface area contributed by atoms with Gasteiger partial charge in [-0.25, -0.2) is 0 Å². The Morgan fingerprint density at radius 1 is 1.24 bits per heavy atom. The van der Waals surface area contributed by atoms with Gasteiger partial charge in [0.25, 0.3) is 0 Å². The molecule has 1 N–H and O–H groups in total. The second-order valence-electron chi connectivity index (χ2n) is 7.85. The number of aryl methyl sites for hydroxylation is 1. The molecule has 7 heteroatoms. The van der Waals surface area contributed by atoms with Crippen molar-refractivity contribution in [3.05, 3.63) is 52.2 Å². The largest absolute Gasteiger partial charge is 0.316 e. The molecule has 1 saturated carbocycles. The standard InChI is InChI=1S/C22H24N4OS2/c1-13-17-9-6-10-18(17)29-21(13)23-20(27)14(2)28-22-25-24-19(15-11-12-15)26(22)16-7-4-3-5-8-16/h3-5,7-8,14-15H,6,9-12H2,1-2H3,(H,23,27). The number of para-hydroxylation sites is 1. The number of hydrogen-bond acceptors (Lipinski definition) is 5. The van der Waals surface area contributed by atoms with Crippen LogP contribution in [0.3, 0.4) is 0 Å². The number of rotatable bonds is 6. The van der Waals surface area contributed by atoms with E-state index in [2.05, 4.69) is 39.1 Å². The van der Waals surface area contributed by atoms with Crippen LogP contribution in [0.1, 0.15) is 53.9 Å². The molecule has 0 bridgehead atoms. The third-order valence-corrected chi connectivity index (χ3v) is 8.04. The Bertz CT molecular complexity index is 1050. The first-order chi connectivity index (χ1) is 14.1. The minimum atomic E-state index is -0.259. The fraction of sp³-hybridized carbons (Fsp3) is 0.409. The van der Waals surface area contributed by atoms with Crippen LogP contribution >= 0.6 is 23.1 Å². The molecule has 0 spiro atoms. The zero-order valence-corrected chi connectivity index (χ0v) is 18.3. The maximum Gasteiger partial charge on any atom is 0.238 e. The van der Waals surface area contributed by atoms with Gasteiger partial charge in [-0.3, -0.25) is 9.36 Å². The highest BCUT2D eigenvalue weighted by Gasteiger charge is 2.32.